The molecule has 2 atom stereocenters. The van der Waals surface area contributed by atoms with Crippen LogP contribution in [0.2, 0.25) is 0 Å². The molecule has 2 aliphatic rings. The zero-order valence-electron chi connectivity index (χ0n) is 15.2. The summed E-state index contributed by atoms with van der Waals surface area (Å²) in [5.74, 6) is 2.23. The van der Waals surface area contributed by atoms with E-state index in [9.17, 15) is 0 Å². The molecule has 0 aliphatic carbocycles. The van der Waals surface area contributed by atoms with Gasteiger partial charge in [0.2, 0.25) is 0 Å². The van der Waals surface area contributed by atoms with E-state index in [1.165, 1.54) is 0 Å². The molecule has 0 amide bonds. The standard InChI is InChI=1S/C19H26N4O3/c1-15-4-5-18(22-21-15)20-10-16-9-19(26-12-16)13-23(6-8-24-14-19)11-17-3-2-7-25-17/h2-5,7,16H,6,8-14H2,1H3,(H,20,22)/t16-,19+/m1/s1. The first-order valence-corrected chi connectivity index (χ1v) is 9.21. The molecule has 0 aromatic carbocycles. The van der Waals surface area contributed by atoms with Crippen LogP contribution in [0.25, 0.3) is 0 Å². The van der Waals surface area contributed by atoms with Crippen molar-refractivity contribution < 1.29 is 13.9 Å². The van der Waals surface area contributed by atoms with E-state index in [0.29, 0.717) is 12.5 Å². The molecule has 0 saturated carbocycles. The molecule has 2 saturated heterocycles. The maximum Gasteiger partial charge on any atom is 0.148 e. The number of nitrogens with zero attached hydrogens (tertiary/aromatic N) is 3. The van der Waals surface area contributed by atoms with Crippen molar-refractivity contribution in [2.75, 3.05) is 44.8 Å². The summed E-state index contributed by atoms with van der Waals surface area (Å²) in [6, 6.07) is 7.88. The molecule has 0 unspecified atom stereocenters. The summed E-state index contributed by atoms with van der Waals surface area (Å²) in [5, 5.41) is 11.6. The molecular formula is C19H26N4O3. The smallest absolute Gasteiger partial charge is 0.148 e. The minimum absolute atomic E-state index is 0.228. The van der Waals surface area contributed by atoms with Gasteiger partial charge in [-0.25, -0.2) is 0 Å². The van der Waals surface area contributed by atoms with Crippen molar-refractivity contribution in [1.82, 2.24) is 15.1 Å². The minimum Gasteiger partial charge on any atom is -0.468 e. The lowest BCUT2D eigenvalue weighted by atomic mass is 9.94. The Balaban J connectivity index is 1.33. The molecule has 1 N–H and O–H groups in total. The lowest BCUT2D eigenvalue weighted by Crippen LogP contribution is -2.43. The molecule has 2 aromatic rings. The van der Waals surface area contributed by atoms with Crippen LogP contribution in [0.4, 0.5) is 5.82 Å². The number of anilines is 1. The third kappa shape index (κ3) is 4.23. The van der Waals surface area contributed by atoms with Gasteiger partial charge in [-0.3, -0.25) is 4.90 Å². The molecule has 7 nitrogen and oxygen atoms in total. The van der Waals surface area contributed by atoms with Gasteiger partial charge in [-0.2, -0.15) is 5.10 Å². The lowest BCUT2D eigenvalue weighted by molar-refractivity contribution is -0.0565. The Bertz CT molecular complexity index is 691. The first-order chi connectivity index (χ1) is 12.7. The van der Waals surface area contributed by atoms with Crippen molar-refractivity contribution in [3.05, 3.63) is 42.0 Å². The van der Waals surface area contributed by atoms with E-state index >= 15 is 0 Å². The second kappa shape index (κ2) is 7.73. The van der Waals surface area contributed by atoms with Crippen LogP contribution in [-0.2, 0) is 16.0 Å². The molecule has 2 aromatic heterocycles. The summed E-state index contributed by atoms with van der Waals surface area (Å²) in [7, 11) is 0. The highest BCUT2D eigenvalue weighted by Gasteiger charge is 2.43. The van der Waals surface area contributed by atoms with E-state index < -0.39 is 0 Å². The normalized spacial score (nSPS) is 26.9. The van der Waals surface area contributed by atoms with E-state index in [0.717, 1.165) is 63.1 Å². The summed E-state index contributed by atoms with van der Waals surface area (Å²) >= 11 is 0. The van der Waals surface area contributed by atoms with Crippen LogP contribution in [0, 0.1) is 12.8 Å². The van der Waals surface area contributed by atoms with Gasteiger partial charge in [0.15, 0.2) is 0 Å². The molecular weight excluding hydrogens is 332 g/mol. The highest BCUT2D eigenvalue weighted by molar-refractivity contribution is 5.32. The number of aryl methyl sites for hydroxylation is 1. The van der Waals surface area contributed by atoms with Crippen LogP contribution in [0.1, 0.15) is 17.9 Å². The van der Waals surface area contributed by atoms with E-state index in [-0.39, 0.29) is 5.60 Å². The van der Waals surface area contributed by atoms with Crippen LogP contribution in [0.15, 0.2) is 34.9 Å². The third-order valence-corrected chi connectivity index (χ3v) is 5.04. The average molecular weight is 358 g/mol. The number of hydrogen-bond acceptors (Lipinski definition) is 7. The third-order valence-electron chi connectivity index (χ3n) is 5.04. The van der Waals surface area contributed by atoms with Crippen molar-refractivity contribution in [3.8, 4) is 0 Å². The van der Waals surface area contributed by atoms with Crippen molar-refractivity contribution in [2.45, 2.75) is 25.5 Å². The van der Waals surface area contributed by atoms with Crippen LogP contribution in [0.5, 0.6) is 0 Å². The maximum atomic E-state index is 6.26. The van der Waals surface area contributed by atoms with Crippen LogP contribution >= 0.6 is 0 Å². The van der Waals surface area contributed by atoms with Crippen molar-refractivity contribution in [3.63, 3.8) is 0 Å². The number of ether oxygens (including phenoxy) is 2. The molecule has 26 heavy (non-hydrogen) atoms. The molecule has 0 radical (unpaired) electrons. The second-order valence-corrected chi connectivity index (χ2v) is 7.35. The molecule has 2 aliphatic heterocycles. The fourth-order valence-electron chi connectivity index (χ4n) is 3.76. The maximum absolute atomic E-state index is 6.26. The summed E-state index contributed by atoms with van der Waals surface area (Å²) in [6.45, 7) is 7.45. The summed E-state index contributed by atoms with van der Waals surface area (Å²) in [6.07, 6.45) is 2.70. The van der Waals surface area contributed by atoms with Gasteiger partial charge in [0, 0.05) is 25.6 Å². The van der Waals surface area contributed by atoms with E-state index in [2.05, 4.69) is 20.4 Å². The minimum atomic E-state index is -0.228. The topological polar surface area (TPSA) is 72.7 Å². The van der Waals surface area contributed by atoms with Crippen molar-refractivity contribution >= 4 is 5.82 Å². The van der Waals surface area contributed by atoms with E-state index in [4.69, 9.17) is 13.9 Å². The van der Waals surface area contributed by atoms with Crippen LogP contribution in [-0.4, -0.2) is 60.2 Å². The number of hydrogen-bond donors (Lipinski definition) is 1. The van der Waals surface area contributed by atoms with Gasteiger partial charge in [-0.1, -0.05) is 0 Å². The molecule has 4 rings (SSSR count). The summed E-state index contributed by atoms with van der Waals surface area (Å²) < 4.78 is 17.6. The van der Waals surface area contributed by atoms with Crippen molar-refractivity contribution in [1.29, 1.82) is 0 Å². The second-order valence-electron chi connectivity index (χ2n) is 7.35. The Morgan fingerprint density at radius 2 is 2.27 bits per heavy atom. The quantitative estimate of drug-likeness (QED) is 0.877. The first kappa shape index (κ1) is 17.5. The Labute approximate surface area is 153 Å². The monoisotopic (exact) mass is 358 g/mol. The lowest BCUT2D eigenvalue weighted by Gasteiger charge is -2.30. The largest absolute Gasteiger partial charge is 0.468 e. The van der Waals surface area contributed by atoms with Gasteiger partial charge >= 0.3 is 0 Å². The van der Waals surface area contributed by atoms with E-state index in [1.807, 2.05) is 31.2 Å². The average Bonchev–Trinajstić information content (AvgIpc) is 3.24. The molecule has 4 heterocycles. The van der Waals surface area contributed by atoms with E-state index in [1.54, 1.807) is 6.26 Å². The predicted octanol–water partition coefficient (Wildman–Crippen LogP) is 2.10. The van der Waals surface area contributed by atoms with Crippen molar-refractivity contribution in [2.24, 2.45) is 5.92 Å². The SMILES string of the molecule is Cc1ccc(NC[C@@H]2CO[C@@]3(COCCN(Cc4ccco4)C3)C2)nn1. The molecule has 1 spiro atoms. The Kier molecular flexibility index (Phi) is 5.19. The highest BCUT2D eigenvalue weighted by Crippen LogP contribution is 2.33. The zero-order valence-corrected chi connectivity index (χ0v) is 15.2. The first-order valence-electron chi connectivity index (χ1n) is 9.21. The van der Waals surface area contributed by atoms with Crippen LogP contribution in [0.3, 0.4) is 0 Å². The Morgan fingerprint density at radius 3 is 3.08 bits per heavy atom. The highest BCUT2D eigenvalue weighted by atomic mass is 16.5. The predicted molar refractivity (Wildman–Crippen MR) is 96.9 cm³/mol. The van der Waals surface area contributed by atoms with Gasteiger partial charge in [0.25, 0.3) is 0 Å². The fourth-order valence-corrected chi connectivity index (χ4v) is 3.76. The van der Waals surface area contributed by atoms with Gasteiger partial charge in [-0.05, 0) is 37.6 Å². The number of aromatic nitrogens is 2. The van der Waals surface area contributed by atoms with Crippen LogP contribution < -0.4 is 5.32 Å². The Hall–Kier alpha value is -1.96. The summed E-state index contributed by atoms with van der Waals surface area (Å²) in [5.41, 5.74) is 0.694. The Morgan fingerprint density at radius 1 is 1.31 bits per heavy atom. The molecule has 140 valence electrons. The van der Waals surface area contributed by atoms with Gasteiger partial charge in [0.05, 0.1) is 38.3 Å². The number of rotatable bonds is 5. The fraction of sp³-hybridized carbons (Fsp3) is 0.579. The number of nitrogens with one attached hydrogen (secondary N) is 1. The van der Waals surface area contributed by atoms with Gasteiger partial charge in [0.1, 0.15) is 17.2 Å². The number of furan rings is 1. The molecule has 0 bridgehead atoms. The van der Waals surface area contributed by atoms with Gasteiger partial charge in [-0.15, -0.1) is 5.10 Å². The van der Waals surface area contributed by atoms with Gasteiger partial charge < -0.3 is 19.2 Å². The molecule has 2 fully saturated rings. The molecule has 7 heteroatoms. The zero-order chi connectivity index (χ0) is 17.8. The summed E-state index contributed by atoms with van der Waals surface area (Å²) in [4.78, 5) is 2.37.